The van der Waals surface area contributed by atoms with Gasteiger partial charge in [-0.25, -0.2) is 4.79 Å². The number of urea groups is 1. The van der Waals surface area contributed by atoms with Crippen LogP contribution in [0.1, 0.15) is 0 Å². The minimum Gasteiger partial charge on any atom is -0.495 e. The van der Waals surface area contributed by atoms with Crippen LogP contribution in [0.3, 0.4) is 0 Å². The Morgan fingerprint density at radius 2 is 1.68 bits per heavy atom. The second kappa shape index (κ2) is 7.85. The summed E-state index contributed by atoms with van der Waals surface area (Å²) in [7, 11) is 1.67. The van der Waals surface area contributed by atoms with Crippen LogP contribution in [0.2, 0.25) is 10.0 Å². The summed E-state index contributed by atoms with van der Waals surface area (Å²) >= 11 is 11.9. The Hall–Kier alpha value is -2.11. The molecule has 2 aromatic rings. The van der Waals surface area contributed by atoms with E-state index in [4.69, 9.17) is 27.9 Å². The van der Waals surface area contributed by atoms with Gasteiger partial charge in [-0.2, -0.15) is 0 Å². The normalized spacial score (nSPS) is 14.4. The Morgan fingerprint density at radius 3 is 2.32 bits per heavy atom. The molecule has 1 fully saturated rings. The number of para-hydroxylation sites is 2. The lowest BCUT2D eigenvalue weighted by atomic mass is 10.2. The molecule has 0 unspecified atom stereocenters. The fraction of sp³-hybridized carbons (Fsp3) is 0.278. The lowest BCUT2D eigenvalue weighted by Gasteiger charge is -2.36. The van der Waals surface area contributed by atoms with E-state index in [1.807, 2.05) is 24.3 Å². The summed E-state index contributed by atoms with van der Waals surface area (Å²) in [5, 5.41) is 3.82. The van der Waals surface area contributed by atoms with Crippen molar-refractivity contribution in [1.82, 2.24) is 4.90 Å². The van der Waals surface area contributed by atoms with Gasteiger partial charge in [-0.15, -0.1) is 0 Å². The third kappa shape index (κ3) is 4.30. The second-order valence-electron chi connectivity index (χ2n) is 5.73. The van der Waals surface area contributed by atoms with Crippen LogP contribution < -0.4 is 15.0 Å². The number of rotatable bonds is 3. The van der Waals surface area contributed by atoms with E-state index >= 15 is 0 Å². The maximum Gasteiger partial charge on any atom is 0.321 e. The number of piperazine rings is 1. The van der Waals surface area contributed by atoms with Gasteiger partial charge in [0, 0.05) is 41.9 Å². The molecule has 1 aliphatic heterocycles. The smallest absolute Gasteiger partial charge is 0.321 e. The largest absolute Gasteiger partial charge is 0.495 e. The number of methoxy groups -OCH3 is 1. The quantitative estimate of drug-likeness (QED) is 0.861. The first-order valence-corrected chi connectivity index (χ1v) is 8.72. The van der Waals surface area contributed by atoms with Crippen LogP contribution in [-0.4, -0.2) is 44.2 Å². The molecule has 1 aliphatic rings. The molecule has 0 aromatic heterocycles. The van der Waals surface area contributed by atoms with Crippen molar-refractivity contribution in [3.05, 3.63) is 52.5 Å². The van der Waals surface area contributed by atoms with Gasteiger partial charge < -0.3 is 19.9 Å². The molecule has 25 heavy (non-hydrogen) atoms. The molecular weight excluding hydrogens is 361 g/mol. The van der Waals surface area contributed by atoms with E-state index in [2.05, 4.69) is 10.2 Å². The number of carbonyl (C=O) groups is 1. The molecule has 0 saturated carbocycles. The highest BCUT2D eigenvalue weighted by atomic mass is 35.5. The molecule has 1 N–H and O–H groups in total. The molecule has 3 rings (SSSR count). The minimum atomic E-state index is -0.155. The Bertz CT molecular complexity index is 741. The number of benzene rings is 2. The summed E-state index contributed by atoms with van der Waals surface area (Å²) in [4.78, 5) is 16.4. The van der Waals surface area contributed by atoms with E-state index in [0.717, 1.165) is 24.5 Å². The zero-order valence-corrected chi connectivity index (χ0v) is 15.3. The average Bonchev–Trinajstić information content (AvgIpc) is 2.61. The van der Waals surface area contributed by atoms with E-state index in [9.17, 15) is 4.79 Å². The van der Waals surface area contributed by atoms with E-state index in [1.165, 1.54) is 0 Å². The van der Waals surface area contributed by atoms with Crippen LogP contribution in [-0.2, 0) is 0 Å². The number of ether oxygens (including phenoxy) is 1. The number of amides is 2. The van der Waals surface area contributed by atoms with Crippen molar-refractivity contribution < 1.29 is 9.53 Å². The lowest BCUT2D eigenvalue weighted by molar-refractivity contribution is 0.208. The molecule has 0 atom stereocenters. The number of hydrogen-bond donors (Lipinski definition) is 1. The molecule has 0 spiro atoms. The van der Waals surface area contributed by atoms with Crippen molar-refractivity contribution in [2.45, 2.75) is 0 Å². The molecule has 0 radical (unpaired) electrons. The van der Waals surface area contributed by atoms with Gasteiger partial charge in [0.15, 0.2) is 0 Å². The van der Waals surface area contributed by atoms with Gasteiger partial charge in [-0.3, -0.25) is 0 Å². The number of nitrogens with zero attached hydrogens (tertiary/aromatic N) is 2. The lowest BCUT2D eigenvalue weighted by Crippen LogP contribution is -2.50. The van der Waals surface area contributed by atoms with Crippen molar-refractivity contribution in [2.24, 2.45) is 0 Å². The van der Waals surface area contributed by atoms with E-state index in [0.29, 0.717) is 28.8 Å². The van der Waals surface area contributed by atoms with Crippen molar-refractivity contribution in [3.63, 3.8) is 0 Å². The second-order valence-corrected chi connectivity index (χ2v) is 6.61. The molecule has 0 bridgehead atoms. The van der Waals surface area contributed by atoms with Gasteiger partial charge in [0.2, 0.25) is 0 Å². The summed E-state index contributed by atoms with van der Waals surface area (Å²) in [6.45, 7) is 2.73. The number of hydrogen-bond acceptors (Lipinski definition) is 3. The standard InChI is InChI=1S/C18H19Cl2N3O2/c1-25-17-5-3-2-4-16(17)22-6-8-23(9-7-22)18(24)21-15-11-13(19)10-14(20)12-15/h2-5,10-12H,6-9H2,1H3,(H,21,24). The predicted molar refractivity (Wildman–Crippen MR) is 102 cm³/mol. The highest BCUT2D eigenvalue weighted by Crippen LogP contribution is 2.28. The van der Waals surface area contributed by atoms with Gasteiger partial charge in [0.25, 0.3) is 0 Å². The van der Waals surface area contributed by atoms with Gasteiger partial charge in [0.05, 0.1) is 12.8 Å². The highest BCUT2D eigenvalue weighted by Gasteiger charge is 2.23. The first-order chi connectivity index (χ1) is 12.1. The third-order valence-electron chi connectivity index (χ3n) is 4.11. The first kappa shape index (κ1) is 17.7. The number of nitrogens with one attached hydrogen (secondary N) is 1. The number of halogens is 2. The maximum absolute atomic E-state index is 12.4. The van der Waals surface area contributed by atoms with Crippen LogP contribution in [0.15, 0.2) is 42.5 Å². The van der Waals surface area contributed by atoms with Gasteiger partial charge in [-0.05, 0) is 30.3 Å². The molecular formula is C18H19Cl2N3O2. The maximum atomic E-state index is 12.4. The topological polar surface area (TPSA) is 44.8 Å². The summed E-state index contributed by atoms with van der Waals surface area (Å²) in [5.74, 6) is 0.842. The van der Waals surface area contributed by atoms with Crippen molar-refractivity contribution in [1.29, 1.82) is 0 Å². The van der Waals surface area contributed by atoms with Gasteiger partial charge in [-0.1, -0.05) is 35.3 Å². The fourth-order valence-corrected chi connectivity index (χ4v) is 3.40. The van der Waals surface area contributed by atoms with E-state index < -0.39 is 0 Å². The summed E-state index contributed by atoms with van der Waals surface area (Å²) in [6, 6.07) is 12.7. The summed E-state index contributed by atoms with van der Waals surface area (Å²) in [5.41, 5.74) is 1.64. The van der Waals surface area contributed by atoms with Crippen LogP contribution in [0.4, 0.5) is 16.2 Å². The Kier molecular flexibility index (Phi) is 5.56. The first-order valence-electron chi connectivity index (χ1n) is 7.97. The Morgan fingerprint density at radius 1 is 1.04 bits per heavy atom. The SMILES string of the molecule is COc1ccccc1N1CCN(C(=O)Nc2cc(Cl)cc(Cl)c2)CC1. The molecule has 0 aliphatic carbocycles. The van der Waals surface area contributed by atoms with Crippen LogP contribution in [0.25, 0.3) is 0 Å². The minimum absolute atomic E-state index is 0.155. The van der Waals surface area contributed by atoms with Crippen LogP contribution in [0.5, 0.6) is 5.75 Å². The number of carbonyl (C=O) groups excluding carboxylic acids is 1. The predicted octanol–water partition coefficient (Wildman–Crippen LogP) is 4.36. The molecule has 2 amide bonds. The van der Waals surface area contributed by atoms with Crippen LogP contribution in [0, 0.1) is 0 Å². The molecule has 5 nitrogen and oxygen atoms in total. The van der Waals surface area contributed by atoms with E-state index in [1.54, 1.807) is 30.2 Å². The Labute approximate surface area is 157 Å². The van der Waals surface area contributed by atoms with Gasteiger partial charge in [0.1, 0.15) is 5.75 Å². The molecule has 1 heterocycles. The average molecular weight is 380 g/mol. The summed E-state index contributed by atoms with van der Waals surface area (Å²) in [6.07, 6.45) is 0. The monoisotopic (exact) mass is 379 g/mol. The van der Waals surface area contributed by atoms with Gasteiger partial charge >= 0.3 is 6.03 Å². The van der Waals surface area contributed by atoms with Crippen molar-refractivity contribution >= 4 is 40.6 Å². The Balaban J connectivity index is 1.61. The fourth-order valence-electron chi connectivity index (χ4n) is 2.87. The van der Waals surface area contributed by atoms with Crippen molar-refractivity contribution in [3.8, 4) is 5.75 Å². The molecule has 132 valence electrons. The van der Waals surface area contributed by atoms with Crippen molar-refractivity contribution in [2.75, 3.05) is 43.5 Å². The molecule has 7 heteroatoms. The third-order valence-corrected chi connectivity index (χ3v) is 4.54. The van der Waals surface area contributed by atoms with Crippen LogP contribution >= 0.6 is 23.2 Å². The zero-order valence-electron chi connectivity index (χ0n) is 13.8. The highest BCUT2D eigenvalue weighted by molar-refractivity contribution is 6.35. The van der Waals surface area contributed by atoms with E-state index in [-0.39, 0.29) is 6.03 Å². The molecule has 2 aromatic carbocycles. The summed E-state index contributed by atoms with van der Waals surface area (Å²) < 4.78 is 5.41. The zero-order chi connectivity index (χ0) is 17.8. The molecule has 1 saturated heterocycles. The number of anilines is 2.